The summed E-state index contributed by atoms with van der Waals surface area (Å²) in [6, 6.07) is 0. The Morgan fingerprint density at radius 2 is 2.00 bits per heavy atom. The molecule has 1 atom stereocenters. The molecule has 0 aromatic carbocycles. The molecule has 0 amide bonds. The van der Waals surface area contributed by atoms with Crippen LogP contribution < -0.4 is 0 Å². The van der Waals surface area contributed by atoms with E-state index in [-0.39, 0.29) is 6.29 Å². The maximum Gasteiger partial charge on any atom is 0.392 e. The van der Waals surface area contributed by atoms with Crippen LogP contribution in [0.25, 0.3) is 0 Å². The van der Waals surface area contributed by atoms with Gasteiger partial charge in [-0.15, -0.1) is 0 Å². The molecule has 1 N–H and O–H groups in total. The molecule has 0 saturated heterocycles. The normalized spacial score (nSPS) is 14.5. The summed E-state index contributed by atoms with van der Waals surface area (Å²) >= 11 is 0. The summed E-state index contributed by atoms with van der Waals surface area (Å²) < 4.78 is 35.5. The van der Waals surface area contributed by atoms with Crippen LogP contribution in [0.5, 0.6) is 0 Å². The number of carbonyl (C=O) groups is 1. The molecule has 0 aliphatic heterocycles. The van der Waals surface area contributed by atoms with E-state index in [0.717, 1.165) is 0 Å². The lowest BCUT2D eigenvalue weighted by Gasteiger charge is -2.15. The van der Waals surface area contributed by atoms with E-state index >= 15 is 0 Å². The van der Waals surface area contributed by atoms with E-state index in [1.54, 1.807) is 0 Å². The van der Waals surface area contributed by atoms with Gasteiger partial charge in [-0.2, -0.15) is 13.2 Å². The smallest absolute Gasteiger partial charge is 0.392 e. The Labute approximate surface area is 62.0 Å². The van der Waals surface area contributed by atoms with Crippen LogP contribution in [-0.4, -0.2) is 24.2 Å². The number of halogens is 3. The van der Waals surface area contributed by atoms with Crippen molar-refractivity contribution in [3.8, 4) is 0 Å². The van der Waals surface area contributed by atoms with Crippen LogP contribution in [0.3, 0.4) is 0 Å². The summed E-state index contributed by atoms with van der Waals surface area (Å²) in [7, 11) is 0. The van der Waals surface area contributed by atoms with E-state index in [2.05, 4.69) is 0 Å². The van der Waals surface area contributed by atoms with Crippen LogP contribution in [0.15, 0.2) is 0 Å². The first-order valence-corrected chi connectivity index (χ1v) is 3.13. The van der Waals surface area contributed by atoms with Gasteiger partial charge in [0.15, 0.2) is 0 Å². The van der Waals surface area contributed by atoms with Crippen molar-refractivity contribution in [2.75, 3.05) is 6.61 Å². The fraction of sp³-hybridized carbons (Fsp3) is 0.833. The van der Waals surface area contributed by atoms with Gasteiger partial charge < -0.3 is 9.90 Å². The summed E-state index contributed by atoms with van der Waals surface area (Å²) in [5.41, 5.74) is 0. The molecule has 0 heterocycles. The van der Waals surface area contributed by atoms with Crippen molar-refractivity contribution in [3.05, 3.63) is 0 Å². The molecule has 66 valence electrons. The van der Waals surface area contributed by atoms with Crippen molar-refractivity contribution in [2.24, 2.45) is 5.92 Å². The molecule has 0 bridgehead atoms. The Morgan fingerprint density at radius 1 is 1.45 bits per heavy atom. The van der Waals surface area contributed by atoms with Gasteiger partial charge in [0.2, 0.25) is 0 Å². The molecular formula is C6H9F3O2. The number of hydrogen-bond donors (Lipinski definition) is 1. The van der Waals surface area contributed by atoms with Crippen LogP contribution in [-0.2, 0) is 4.79 Å². The van der Waals surface area contributed by atoms with Crippen molar-refractivity contribution in [1.29, 1.82) is 0 Å². The highest BCUT2D eigenvalue weighted by molar-refractivity contribution is 5.49. The second-order valence-corrected chi connectivity index (χ2v) is 2.15. The van der Waals surface area contributed by atoms with Gasteiger partial charge in [-0.25, -0.2) is 0 Å². The number of aliphatic hydroxyl groups is 1. The third-order valence-electron chi connectivity index (χ3n) is 1.32. The second-order valence-electron chi connectivity index (χ2n) is 2.15. The third kappa shape index (κ3) is 3.98. The molecule has 0 aliphatic rings. The average Bonchev–Trinajstić information content (AvgIpc) is 1.85. The van der Waals surface area contributed by atoms with Gasteiger partial charge in [0, 0.05) is 13.0 Å². The van der Waals surface area contributed by atoms with E-state index in [4.69, 9.17) is 5.11 Å². The second kappa shape index (κ2) is 4.33. The molecule has 0 rings (SSSR count). The minimum absolute atomic E-state index is 0.216. The summed E-state index contributed by atoms with van der Waals surface area (Å²) in [5.74, 6) is -1.69. The monoisotopic (exact) mass is 170 g/mol. The van der Waals surface area contributed by atoms with Gasteiger partial charge in [-0.05, 0) is 6.42 Å². The maximum absolute atomic E-state index is 11.8. The molecule has 0 fully saturated rings. The quantitative estimate of drug-likeness (QED) is 0.642. The van der Waals surface area contributed by atoms with E-state index in [9.17, 15) is 18.0 Å². The zero-order chi connectivity index (χ0) is 8.91. The van der Waals surface area contributed by atoms with Crippen molar-refractivity contribution < 1.29 is 23.1 Å². The fourth-order valence-corrected chi connectivity index (χ4v) is 0.687. The predicted octanol–water partition coefficient (Wildman–Crippen LogP) is 1.14. The fourth-order valence-electron chi connectivity index (χ4n) is 0.687. The standard InChI is InChI=1S/C6H9F3O2/c7-6(8,9)5(1-3-10)2-4-11/h3,5,11H,1-2,4H2. The van der Waals surface area contributed by atoms with Crippen LogP contribution in [0, 0.1) is 5.92 Å². The Balaban J connectivity index is 3.97. The van der Waals surface area contributed by atoms with Gasteiger partial charge in [0.1, 0.15) is 6.29 Å². The largest absolute Gasteiger partial charge is 0.396 e. The van der Waals surface area contributed by atoms with Crippen LogP contribution >= 0.6 is 0 Å². The predicted molar refractivity (Wildman–Crippen MR) is 31.9 cm³/mol. The van der Waals surface area contributed by atoms with E-state index < -0.39 is 31.5 Å². The molecule has 5 heteroatoms. The number of aldehydes is 1. The Kier molecular flexibility index (Phi) is 4.10. The maximum atomic E-state index is 11.8. The molecular weight excluding hydrogens is 161 g/mol. The first-order valence-electron chi connectivity index (χ1n) is 3.13. The molecule has 11 heavy (non-hydrogen) atoms. The Bertz CT molecular complexity index is 121. The minimum Gasteiger partial charge on any atom is -0.396 e. The highest BCUT2D eigenvalue weighted by Gasteiger charge is 2.38. The van der Waals surface area contributed by atoms with E-state index in [1.807, 2.05) is 0 Å². The molecule has 0 radical (unpaired) electrons. The lowest BCUT2D eigenvalue weighted by molar-refractivity contribution is -0.180. The average molecular weight is 170 g/mol. The molecule has 0 aromatic heterocycles. The zero-order valence-corrected chi connectivity index (χ0v) is 5.77. The highest BCUT2D eigenvalue weighted by Crippen LogP contribution is 2.30. The number of alkyl halides is 3. The molecule has 0 aliphatic carbocycles. The lowest BCUT2D eigenvalue weighted by Crippen LogP contribution is -2.24. The summed E-state index contributed by atoms with van der Waals surface area (Å²) in [5, 5.41) is 8.21. The van der Waals surface area contributed by atoms with Crippen LogP contribution in [0.4, 0.5) is 13.2 Å². The van der Waals surface area contributed by atoms with Crippen molar-refractivity contribution >= 4 is 6.29 Å². The van der Waals surface area contributed by atoms with E-state index in [0.29, 0.717) is 0 Å². The molecule has 2 nitrogen and oxygen atoms in total. The third-order valence-corrected chi connectivity index (χ3v) is 1.32. The minimum atomic E-state index is -4.37. The summed E-state index contributed by atoms with van der Waals surface area (Å²) in [4.78, 5) is 9.76. The van der Waals surface area contributed by atoms with Crippen molar-refractivity contribution in [3.63, 3.8) is 0 Å². The SMILES string of the molecule is O=CCC(CCO)C(F)(F)F. The van der Waals surface area contributed by atoms with Gasteiger partial charge in [0.25, 0.3) is 0 Å². The topological polar surface area (TPSA) is 37.3 Å². The van der Waals surface area contributed by atoms with Crippen LogP contribution in [0.1, 0.15) is 12.8 Å². The first-order chi connectivity index (χ1) is 5.02. The van der Waals surface area contributed by atoms with E-state index in [1.165, 1.54) is 0 Å². The number of rotatable bonds is 4. The van der Waals surface area contributed by atoms with Crippen molar-refractivity contribution in [2.45, 2.75) is 19.0 Å². The van der Waals surface area contributed by atoms with Crippen LogP contribution in [0.2, 0.25) is 0 Å². The number of carbonyl (C=O) groups excluding carboxylic acids is 1. The van der Waals surface area contributed by atoms with Gasteiger partial charge in [0.05, 0.1) is 5.92 Å². The lowest BCUT2D eigenvalue weighted by atomic mass is 10.0. The van der Waals surface area contributed by atoms with Gasteiger partial charge >= 0.3 is 6.18 Å². The van der Waals surface area contributed by atoms with Gasteiger partial charge in [-0.1, -0.05) is 0 Å². The highest BCUT2D eigenvalue weighted by atomic mass is 19.4. The number of aliphatic hydroxyl groups excluding tert-OH is 1. The Hall–Kier alpha value is -0.580. The molecule has 0 spiro atoms. The zero-order valence-electron chi connectivity index (χ0n) is 5.77. The summed E-state index contributed by atoms with van der Waals surface area (Å²) in [6.07, 6.45) is -5.12. The molecule has 0 saturated carbocycles. The molecule has 0 aromatic rings. The van der Waals surface area contributed by atoms with Gasteiger partial charge in [-0.3, -0.25) is 0 Å². The van der Waals surface area contributed by atoms with Crippen molar-refractivity contribution in [1.82, 2.24) is 0 Å². The first kappa shape index (κ1) is 10.4. The number of hydrogen-bond acceptors (Lipinski definition) is 2. The molecule has 1 unspecified atom stereocenters. The summed E-state index contributed by atoms with van der Waals surface area (Å²) in [6.45, 7) is -0.544. The Morgan fingerprint density at radius 3 is 2.27 bits per heavy atom.